The van der Waals surface area contributed by atoms with Crippen molar-refractivity contribution in [3.8, 4) is 5.75 Å². The standard InChI is InChI=1S/C31H29ClN4O5S/c1-21-15-16-29(41-3)28(17-21)36(42(39,40)27-13-5-4-6-14-27)20-30(37)35-34-22(2)23-9-8-12-26(19-23)33-31(38)24-10-7-11-25(32)18-24/h4-19H,20H2,1-3H3,(H,33,38)(H,35,37)/b34-22-. The zero-order valence-electron chi connectivity index (χ0n) is 23.2. The highest BCUT2D eigenvalue weighted by Gasteiger charge is 2.29. The predicted octanol–water partition coefficient (Wildman–Crippen LogP) is 5.65. The Morgan fingerprint density at radius 2 is 1.62 bits per heavy atom. The van der Waals surface area contributed by atoms with Gasteiger partial charge < -0.3 is 10.1 Å². The highest BCUT2D eigenvalue weighted by Crippen LogP contribution is 2.33. The van der Waals surface area contributed by atoms with Crippen molar-refractivity contribution in [3.63, 3.8) is 0 Å². The topological polar surface area (TPSA) is 117 Å². The number of anilines is 2. The molecule has 0 heterocycles. The van der Waals surface area contributed by atoms with Gasteiger partial charge in [-0.1, -0.05) is 54.1 Å². The first kappa shape index (κ1) is 30.3. The highest BCUT2D eigenvalue weighted by molar-refractivity contribution is 7.92. The van der Waals surface area contributed by atoms with Crippen molar-refractivity contribution in [2.45, 2.75) is 18.7 Å². The van der Waals surface area contributed by atoms with Gasteiger partial charge in [0.1, 0.15) is 12.3 Å². The van der Waals surface area contributed by atoms with E-state index in [1.54, 1.807) is 91.9 Å². The minimum atomic E-state index is -4.14. The lowest BCUT2D eigenvalue weighted by Gasteiger charge is -2.25. The van der Waals surface area contributed by atoms with Crippen molar-refractivity contribution in [1.82, 2.24) is 5.43 Å². The molecule has 0 saturated heterocycles. The largest absolute Gasteiger partial charge is 0.495 e. The monoisotopic (exact) mass is 604 g/mol. The van der Waals surface area contributed by atoms with Gasteiger partial charge in [-0.3, -0.25) is 13.9 Å². The Balaban J connectivity index is 1.54. The second-order valence-corrected chi connectivity index (χ2v) is 11.6. The second-order valence-electron chi connectivity index (χ2n) is 9.28. The Morgan fingerprint density at radius 1 is 0.905 bits per heavy atom. The molecule has 42 heavy (non-hydrogen) atoms. The third-order valence-corrected chi connectivity index (χ3v) is 8.20. The average molecular weight is 605 g/mol. The Kier molecular flexibility index (Phi) is 9.61. The number of methoxy groups -OCH3 is 1. The van der Waals surface area contributed by atoms with E-state index in [-0.39, 0.29) is 16.5 Å². The third-order valence-electron chi connectivity index (χ3n) is 6.19. The molecular weight excluding hydrogens is 576 g/mol. The smallest absolute Gasteiger partial charge is 0.264 e. The molecule has 0 radical (unpaired) electrons. The number of ether oxygens (including phenoxy) is 1. The molecule has 4 rings (SSSR count). The zero-order chi connectivity index (χ0) is 30.3. The summed E-state index contributed by atoms with van der Waals surface area (Å²) in [5.41, 5.74) is 5.46. The van der Waals surface area contributed by atoms with Crippen LogP contribution in [0.4, 0.5) is 11.4 Å². The number of sulfonamides is 1. The van der Waals surface area contributed by atoms with Gasteiger partial charge in [0, 0.05) is 16.3 Å². The normalized spacial score (nSPS) is 11.5. The summed E-state index contributed by atoms with van der Waals surface area (Å²) in [7, 11) is -2.71. The summed E-state index contributed by atoms with van der Waals surface area (Å²) < 4.78 is 33.8. The molecule has 0 spiro atoms. The van der Waals surface area contributed by atoms with Gasteiger partial charge >= 0.3 is 0 Å². The van der Waals surface area contributed by atoms with Gasteiger partial charge in [0.2, 0.25) is 0 Å². The first-order valence-electron chi connectivity index (χ1n) is 12.8. The molecule has 2 N–H and O–H groups in total. The summed E-state index contributed by atoms with van der Waals surface area (Å²) in [5.74, 6) is -0.698. The number of carbonyl (C=O) groups excluding carboxylic acids is 2. The van der Waals surface area contributed by atoms with Crippen molar-refractivity contribution in [2.24, 2.45) is 5.10 Å². The van der Waals surface area contributed by atoms with Gasteiger partial charge in [0.15, 0.2) is 0 Å². The number of halogens is 1. The molecule has 0 bridgehead atoms. The van der Waals surface area contributed by atoms with Gasteiger partial charge in [0.05, 0.1) is 23.4 Å². The molecule has 0 fully saturated rings. The summed E-state index contributed by atoms with van der Waals surface area (Å²) >= 11 is 5.99. The molecule has 0 aromatic heterocycles. The van der Waals surface area contributed by atoms with E-state index < -0.39 is 22.5 Å². The van der Waals surface area contributed by atoms with Gasteiger partial charge in [-0.15, -0.1) is 0 Å². The van der Waals surface area contributed by atoms with Crippen molar-refractivity contribution in [1.29, 1.82) is 0 Å². The molecule has 4 aromatic carbocycles. The summed E-state index contributed by atoms with van der Waals surface area (Å²) in [6, 6.07) is 26.4. The molecule has 0 aliphatic rings. The van der Waals surface area contributed by atoms with Crippen LogP contribution in [0.3, 0.4) is 0 Å². The van der Waals surface area contributed by atoms with Crippen LogP contribution in [0.2, 0.25) is 5.02 Å². The van der Waals surface area contributed by atoms with Crippen molar-refractivity contribution < 1.29 is 22.7 Å². The van der Waals surface area contributed by atoms with Crippen LogP contribution in [0, 0.1) is 6.92 Å². The minimum Gasteiger partial charge on any atom is -0.495 e. The molecule has 2 amide bonds. The van der Waals surface area contributed by atoms with E-state index in [1.807, 2.05) is 6.92 Å². The fourth-order valence-corrected chi connectivity index (χ4v) is 5.68. The SMILES string of the molecule is COc1ccc(C)cc1N(CC(=O)N/N=C(/C)c1cccc(NC(=O)c2cccc(Cl)c2)c1)S(=O)(=O)c1ccccc1. The second kappa shape index (κ2) is 13.3. The molecular formula is C31H29ClN4O5S. The zero-order valence-corrected chi connectivity index (χ0v) is 24.7. The summed E-state index contributed by atoms with van der Waals surface area (Å²) in [5, 5.41) is 7.44. The first-order valence-corrected chi connectivity index (χ1v) is 14.6. The molecule has 216 valence electrons. The summed E-state index contributed by atoms with van der Waals surface area (Å²) in [4.78, 5) is 25.7. The molecule has 0 atom stereocenters. The van der Waals surface area contributed by atoms with Crippen LogP contribution in [0.25, 0.3) is 0 Å². The van der Waals surface area contributed by atoms with Crippen molar-refractivity contribution in [3.05, 3.63) is 119 Å². The van der Waals surface area contributed by atoms with Gasteiger partial charge in [0.25, 0.3) is 21.8 Å². The fourth-order valence-electron chi connectivity index (χ4n) is 4.05. The number of aryl methyl sites for hydroxylation is 1. The van der Waals surface area contributed by atoms with Crippen LogP contribution in [-0.2, 0) is 14.8 Å². The average Bonchev–Trinajstić information content (AvgIpc) is 2.99. The van der Waals surface area contributed by atoms with Gasteiger partial charge in [-0.05, 0) is 79.6 Å². The lowest BCUT2D eigenvalue weighted by molar-refractivity contribution is -0.119. The van der Waals surface area contributed by atoms with Crippen LogP contribution in [0.5, 0.6) is 5.75 Å². The number of rotatable bonds is 10. The van der Waals surface area contributed by atoms with Crippen molar-refractivity contribution in [2.75, 3.05) is 23.3 Å². The van der Waals surface area contributed by atoms with E-state index in [4.69, 9.17) is 16.3 Å². The number of benzene rings is 4. The maximum absolute atomic E-state index is 13.7. The highest BCUT2D eigenvalue weighted by atomic mass is 35.5. The number of hydrogen-bond acceptors (Lipinski definition) is 6. The van der Waals surface area contributed by atoms with E-state index >= 15 is 0 Å². The third kappa shape index (κ3) is 7.34. The Labute approximate surface area is 249 Å². The van der Waals surface area contributed by atoms with E-state index in [0.717, 1.165) is 9.87 Å². The van der Waals surface area contributed by atoms with E-state index in [2.05, 4.69) is 15.8 Å². The van der Waals surface area contributed by atoms with E-state index in [9.17, 15) is 18.0 Å². The molecule has 9 nitrogen and oxygen atoms in total. The quantitative estimate of drug-likeness (QED) is 0.179. The minimum absolute atomic E-state index is 0.0256. The summed E-state index contributed by atoms with van der Waals surface area (Å²) in [6.07, 6.45) is 0. The first-order chi connectivity index (χ1) is 20.1. The molecule has 4 aromatic rings. The Morgan fingerprint density at radius 3 is 2.33 bits per heavy atom. The van der Waals surface area contributed by atoms with Crippen LogP contribution in [0.1, 0.15) is 28.4 Å². The fraction of sp³-hybridized carbons (Fsp3) is 0.129. The number of nitrogens with one attached hydrogen (secondary N) is 2. The van der Waals surface area contributed by atoms with Crippen LogP contribution in [0.15, 0.2) is 107 Å². The lowest BCUT2D eigenvalue weighted by atomic mass is 10.1. The number of carbonyl (C=O) groups is 2. The Hall–Kier alpha value is -4.67. The van der Waals surface area contributed by atoms with Crippen molar-refractivity contribution >= 4 is 50.5 Å². The van der Waals surface area contributed by atoms with Crippen LogP contribution >= 0.6 is 11.6 Å². The molecule has 11 heteroatoms. The molecule has 0 aliphatic heterocycles. The molecule has 0 unspecified atom stereocenters. The maximum atomic E-state index is 13.7. The van der Waals surface area contributed by atoms with Crippen LogP contribution in [-0.4, -0.2) is 39.6 Å². The predicted molar refractivity (Wildman–Crippen MR) is 165 cm³/mol. The number of amides is 2. The molecule has 0 saturated carbocycles. The van der Waals surface area contributed by atoms with E-state index in [0.29, 0.717) is 33.3 Å². The maximum Gasteiger partial charge on any atom is 0.264 e. The number of hydrogen-bond donors (Lipinski definition) is 2. The van der Waals surface area contributed by atoms with E-state index in [1.165, 1.54) is 19.2 Å². The number of hydrazone groups is 1. The Bertz CT molecular complexity index is 1740. The molecule has 0 aliphatic carbocycles. The lowest BCUT2D eigenvalue weighted by Crippen LogP contribution is -2.40. The van der Waals surface area contributed by atoms with Gasteiger partial charge in [-0.2, -0.15) is 5.10 Å². The summed E-state index contributed by atoms with van der Waals surface area (Å²) in [6.45, 7) is 2.94. The number of nitrogens with zero attached hydrogens (tertiary/aromatic N) is 2. The van der Waals surface area contributed by atoms with Crippen LogP contribution < -0.4 is 19.8 Å². The van der Waals surface area contributed by atoms with Gasteiger partial charge in [-0.25, -0.2) is 13.8 Å².